The lowest BCUT2D eigenvalue weighted by Crippen LogP contribution is -2.28. The summed E-state index contributed by atoms with van der Waals surface area (Å²) in [5, 5.41) is 6.50. The number of nitrogens with one attached hydrogen (secondary N) is 1. The topological polar surface area (TPSA) is 38.3 Å². The Morgan fingerprint density at radius 3 is 2.70 bits per heavy atom. The van der Waals surface area contributed by atoms with E-state index in [2.05, 4.69) is 10.1 Å². The highest BCUT2D eigenvalue weighted by atomic mass is 32.2. The molecule has 0 atom stereocenters. The van der Waals surface area contributed by atoms with E-state index in [1.807, 2.05) is 10.8 Å². The first kappa shape index (κ1) is 7.81. The lowest BCUT2D eigenvalue weighted by atomic mass is 11.1. The standard InChI is InChI=1S/C5H7NO2S2/c1-8-4(7)6-5-9-2-3-10-5/h2-3,5H,1H3,(H,6,7). The van der Waals surface area contributed by atoms with Gasteiger partial charge in [0.1, 0.15) is 4.71 Å². The SMILES string of the molecule is COC(=O)NC1SC=CS1. The van der Waals surface area contributed by atoms with Gasteiger partial charge in [-0.25, -0.2) is 4.79 Å². The van der Waals surface area contributed by atoms with Gasteiger partial charge in [0.15, 0.2) is 0 Å². The van der Waals surface area contributed by atoms with Gasteiger partial charge in [0.05, 0.1) is 7.11 Å². The summed E-state index contributed by atoms with van der Waals surface area (Å²) in [5.74, 6) is 0. The van der Waals surface area contributed by atoms with Crippen molar-refractivity contribution in [3.8, 4) is 0 Å². The maximum absolute atomic E-state index is 10.6. The van der Waals surface area contributed by atoms with Crippen molar-refractivity contribution in [1.82, 2.24) is 5.32 Å². The third-order valence-electron chi connectivity index (χ3n) is 0.881. The van der Waals surface area contributed by atoms with E-state index in [4.69, 9.17) is 0 Å². The van der Waals surface area contributed by atoms with E-state index in [0.717, 1.165) is 0 Å². The van der Waals surface area contributed by atoms with Gasteiger partial charge in [-0.3, -0.25) is 5.32 Å². The molecular formula is C5H7NO2S2. The molecule has 0 spiro atoms. The second-order valence-electron chi connectivity index (χ2n) is 1.51. The Bertz CT molecular complexity index is 152. The van der Waals surface area contributed by atoms with Gasteiger partial charge in [-0.1, -0.05) is 23.5 Å². The number of hydrogen-bond acceptors (Lipinski definition) is 4. The summed E-state index contributed by atoms with van der Waals surface area (Å²) in [6, 6.07) is 0. The van der Waals surface area contributed by atoms with E-state index >= 15 is 0 Å². The summed E-state index contributed by atoms with van der Waals surface area (Å²) in [6.07, 6.45) is -0.381. The molecule has 0 aromatic heterocycles. The number of amides is 1. The Morgan fingerprint density at radius 1 is 1.60 bits per heavy atom. The number of hydrogen-bond donors (Lipinski definition) is 1. The molecule has 0 aromatic carbocycles. The molecule has 0 saturated heterocycles. The first-order chi connectivity index (χ1) is 4.83. The van der Waals surface area contributed by atoms with E-state index in [1.54, 1.807) is 23.5 Å². The summed E-state index contributed by atoms with van der Waals surface area (Å²) >= 11 is 3.11. The molecule has 0 radical (unpaired) electrons. The normalized spacial score (nSPS) is 17.3. The maximum atomic E-state index is 10.6. The van der Waals surface area contributed by atoms with E-state index < -0.39 is 0 Å². The molecule has 0 saturated carbocycles. The minimum Gasteiger partial charge on any atom is -0.453 e. The smallest absolute Gasteiger partial charge is 0.408 e. The first-order valence-corrected chi connectivity index (χ1v) is 4.52. The van der Waals surface area contributed by atoms with Gasteiger partial charge in [0.25, 0.3) is 0 Å². The van der Waals surface area contributed by atoms with Crippen molar-refractivity contribution in [2.75, 3.05) is 7.11 Å². The number of carbonyl (C=O) groups is 1. The van der Waals surface area contributed by atoms with Crippen molar-refractivity contribution in [2.45, 2.75) is 4.71 Å². The molecule has 1 N–H and O–H groups in total. The molecule has 5 heteroatoms. The van der Waals surface area contributed by atoms with Crippen molar-refractivity contribution in [2.24, 2.45) is 0 Å². The molecule has 1 amide bonds. The van der Waals surface area contributed by atoms with Crippen LogP contribution in [-0.2, 0) is 4.74 Å². The fraction of sp³-hybridized carbons (Fsp3) is 0.400. The Labute approximate surface area is 67.6 Å². The lowest BCUT2D eigenvalue weighted by Gasteiger charge is -2.07. The molecule has 1 rings (SSSR count). The Balaban J connectivity index is 2.19. The highest BCUT2D eigenvalue weighted by molar-refractivity contribution is 8.22. The number of thioether (sulfide) groups is 2. The van der Waals surface area contributed by atoms with Crippen molar-refractivity contribution in [3.63, 3.8) is 0 Å². The number of carbonyl (C=O) groups excluding carboxylic acids is 1. The molecular weight excluding hydrogens is 170 g/mol. The number of methoxy groups -OCH3 is 1. The van der Waals surface area contributed by atoms with Crippen LogP contribution in [0.3, 0.4) is 0 Å². The fourth-order valence-corrected chi connectivity index (χ4v) is 2.23. The van der Waals surface area contributed by atoms with Crippen molar-refractivity contribution in [3.05, 3.63) is 10.8 Å². The van der Waals surface area contributed by atoms with Gasteiger partial charge in [-0.2, -0.15) is 0 Å². The highest BCUT2D eigenvalue weighted by Crippen LogP contribution is 2.30. The molecule has 10 heavy (non-hydrogen) atoms. The molecule has 0 unspecified atom stereocenters. The molecule has 0 fully saturated rings. The zero-order valence-corrected chi connectivity index (χ0v) is 7.00. The Morgan fingerprint density at radius 2 is 2.20 bits per heavy atom. The summed E-state index contributed by atoms with van der Waals surface area (Å²) < 4.78 is 4.50. The number of rotatable bonds is 1. The van der Waals surface area contributed by atoms with Gasteiger partial charge in [0, 0.05) is 0 Å². The Kier molecular flexibility index (Phi) is 2.95. The summed E-state index contributed by atoms with van der Waals surface area (Å²) in [6.45, 7) is 0. The second kappa shape index (κ2) is 3.78. The van der Waals surface area contributed by atoms with Crippen LogP contribution in [-0.4, -0.2) is 17.9 Å². The van der Waals surface area contributed by atoms with Gasteiger partial charge in [-0.05, 0) is 10.8 Å². The van der Waals surface area contributed by atoms with Gasteiger partial charge in [0.2, 0.25) is 0 Å². The third-order valence-corrected chi connectivity index (χ3v) is 3.04. The predicted octanol–water partition coefficient (Wildman–Crippen LogP) is 1.58. The Hall–Kier alpha value is -0.290. The summed E-state index contributed by atoms with van der Waals surface area (Å²) in [4.78, 5) is 10.6. The largest absolute Gasteiger partial charge is 0.453 e. The lowest BCUT2D eigenvalue weighted by molar-refractivity contribution is 0.172. The quantitative estimate of drug-likeness (QED) is 0.660. The number of alkyl carbamates (subject to hydrolysis) is 1. The van der Waals surface area contributed by atoms with Crippen LogP contribution in [0.5, 0.6) is 0 Å². The monoisotopic (exact) mass is 177 g/mol. The molecule has 0 bridgehead atoms. The van der Waals surface area contributed by atoms with Crippen molar-refractivity contribution < 1.29 is 9.53 Å². The summed E-state index contributed by atoms with van der Waals surface area (Å²) in [7, 11) is 1.35. The minimum atomic E-state index is -0.381. The van der Waals surface area contributed by atoms with Crippen LogP contribution in [0.4, 0.5) is 4.79 Å². The zero-order chi connectivity index (χ0) is 7.40. The minimum absolute atomic E-state index is 0.0902. The van der Waals surface area contributed by atoms with E-state index in [1.165, 1.54) is 7.11 Å². The molecule has 1 aliphatic heterocycles. The number of ether oxygens (including phenoxy) is 1. The summed E-state index contributed by atoms with van der Waals surface area (Å²) in [5.41, 5.74) is 0. The van der Waals surface area contributed by atoms with Gasteiger partial charge < -0.3 is 4.74 Å². The van der Waals surface area contributed by atoms with Crippen LogP contribution >= 0.6 is 23.5 Å². The molecule has 0 aliphatic carbocycles. The third kappa shape index (κ3) is 2.15. The van der Waals surface area contributed by atoms with Crippen LogP contribution < -0.4 is 5.32 Å². The van der Waals surface area contributed by atoms with Gasteiger partial charge in [-0.15, -0.1) is 0 Å². The highest BCUT2D eigenvalue weighted by Gasteiger charge is 2.13. The van der Waals surface area contributed by atoms with Crippen LogP contribution in [0.1, 0.15) is 0 Å². The van der Waals surface area contributed by atoms with E-state index in [0.29, 0.717) is 0 Å². The molecule has 3 nitrogen and oxygen atoms in total. The van der Waals surface area contributed by atoms with E-state index in [9.17, 15) is 4.79 Å². The molecule has 1 heterocycles. The van der Waals surface area contributed by atoms with Gasteiger partial charge >= 0.3 is 6.09 Å². The predicted molar refractivity (Wildman–Crippen MR) is 43.7 cm³/mol. The molecule has 1 aliphatic rings. The molecule has 0 aromatic rings. The van der Waals surface area contributed by atoms with Crippen LogP contribution in [0, 0.1) is 0 Å². The van der Waals surface area contributed by atoms with Crippen LogP contribution in [0.15, 0.2) is 10.8 Å². The van der Waals surface area contributed by atoms with Crippen molar-refractivity contribution in [1.29, 1.82) is 0 Å². The van der Waals surface area contributed by atoms with Crippen molar-refractivity contribution >= 4 is 29.6 Å². The molecule has 56 valence electrons. The first-order valence-electron chi connectivity index (χ1n) is 2.63. The fourth-order valence-electron chi connectivity index (χ4n) is 0.462. The van der Waals surface area contributed by atoms with E-state index in [-0.39, 0.29) is 10.8 Å². The average molecular weight is 177 g/mol. The average Bonchev–Trinajstić information content (AvgIpc) is 2.40. The maximum Gasteiger partial charge on any atom is 0.408 e. The van der Waals surface area contributed by atoms with Crippen LogP contribution in [0.2, 0.25) is 0 Å². The second-order valence-corrected chi connectivity index (χ2v) is 3.84. The van der Waals surface area contributed by atoms with Crippen LogP contribution in [0.25, 0.3) is 0 Å². The zero-order valence-electron chi connectivity index (χ0n) is 5.37.